The zero-order valence-electron chi connectivity index (χ0n) is 8.66. The lowest BCUT2D eigenvalue weighted by molar-refractivity contribution is -0.123. The van der Waals surface area contributed by atoms with E-state index in [1.807, 2.05) is 0 Å². The van der Waals surface area contributed by atoms with E-state index in [0.29, 0.717) is 16.5 Å². The fraction of sp³-hybridized carbons (Fsp3) is 0.400. The van der Waals surface area contributed by atoms with Gasteiger partial charge in [-0.1, -0.05) is 11.6 Å². The van der Waals surface area contributed by atoms with Crippen LogP contribution in [0.5, 0.6) is 0 Å². The van der Waals surface area contributed by atoms with Crippen LogP contribution in [0.3, 0.4) is 0 Å². The number of nitrogens with zero attached hydrogens (tertiary/aromatic N) is 1. The van der Waals surface area contributed by atoms with Crippen LogP contribution in [-0.2, 0) is 4.79 Å². The molecule has 6 heteroatoms. The van der Waals surface area contributed by atoms with Gasteiger partial charge < -0.3 is 16.4 Å². The van der Waals surface area contributed by atoms with E-state index in [9.17, 15) is 4.79 Å². The highest BCUT2D eigenvalue weighted by Gasteiger charge is 2.22. The number of hydrogen-bond donors (Lipinski definition) is 3. The number of halogens is 1. The first-order valence-corrected chi connectivity index (χ1v) is 5.50. The van der Waals surface area contributed by atoms with Gasteiger partial charge in [0.15, 0.2) is 0 Å². The Labute approximate surface area is 98.4 Å². The Balaban J connectivity index is 2.10. The van der Waals surface area contributed by atoms with Crippen molar-refractivity contribution in [3.63, 3.8) is 0 Å². The van der Waals surface area contributed by atoms with E-state index >= 15 is 0 Å². The molecule has 16 heavy (non-hydrogen) atoms. The summed E-state index contributed by atoms with van der Waals surface area (Å²) in [4.78, 5) is 15.6. The van der Waals surface area contributed by atoms with Crippen molar-refractivity contribution < 1.29 is 4.79 Å². The number of carbonyl (C=O) groups is 1. The van der Waals surface area contributed by atoms with Crippen molar-refractivity contribution in [2.75, 3.05) is 17.6 Å². The van der Waals surface area contributed by atoms with Crippen molar-refractivity contribution >= 4 is 29.0 Å². The number of nitrogens with one attached hydrogen (secondary N) is 2. The highest BCUT2D eigenvalue weighted by atomic mass is 35.5. The van der Waals surface area contributed by atoms with Gasteiger partial charge in [0.25, 0.3) is 0 Å². The molecule has 5 nitrogen and oxygen atoms in total. The Morgan fingerprint density at radius 3 is 3.12 bits per heavy atom. The average Bonchev–Trinajstić information content (AvgIpc) is 2.25. The Hall–Kier alpha value is -1.49. The molecule has 1 atom stereocenters. The average molecular weight is 241 g/mol. The molecule has 1 aromatic heterocycles. The zero-order chi connectivity index (χ0) is 11.5. The number of anilines is 2. The Morgan fingerprint density at radius 1 is 1.62 bits per heavy atom. The van der Waals surface area contributed by atoms with Crippen LogP contribution >= 0.6 is 11.6 Å². The number of hydrogen-bond acceptors (Lipinski definition) is 4. The number of rotatable bonds is 2. The van der Waals surface area contributed by atoms with Crippen molar-refractivity contribution in [2.45, 2.75) is 18.9 Å². The van der Waals surface area contributed by atoms with Crippen LogP contribution in [0.4, 0.5) is 11.5 Å². The van der Waals surface area contributed by atoms with Crippen LogP contribution in [0.25, 0.3) is 0 Å². The molecule has 1 aromatic rings. The van der Waals surface area contributed by atoms with Crippen LogP contribution in [0.15, 0.2) is 12.3 Å². The maximum Gasteiger partial charge on any atom is 0.242 e. The molecular weight excluding hydrogens is 228 g/mol. The van der Waals surface area contributed by atoms with E-state index in [1.165, 1.54) is 6.20 Å². The number of nitrogen functional groups attached to an aromatic ring is 1. The molecule has 4 N–H and O–H groups in total. The van der Waals surface area contributed by atoms with Crippen molar-refractivity contribution in [1.29, 1.82) is 0 Å². The van der Waals surface area contributed by atoms with Gasteiger partial charge in [0.2, 0.25) is 5.91 Å². The number of carbonyl (C=O) groups excluding carboxylic acids is 1. The normalized spacial score (nSPS) is 20.3. The Morgan fingerprint density at radius 2 is 2.44 bits per heavy atom. The van der Waals surface area contributed by atoms with Crippen molar-refractivity contribution in [1.82, 2.24) is 10.3 Å². The van der Waals surface area contributed by atoms with Crippen LogP contribution in [0.1, 0.15) is 12.8 Å². The van der Waals surface area contributed by atoms with Gasteiger partial charge in [-0.2, -0.15) is 0 Å². The fourth-order valence-electron chi connectivity index (χ4n) is 1.65. The van der Waals surface area contributed by atoms with E-state index in [4.69, 9.17) is 17.3 Å². The van der Waals surface area contributed by atoms with E-state index in [2.05, 4.69) is 15.6 Å². The lowest BCUT2D eigenvalue weighted by atomic mass is 10.1. The number of piperidine rings is 1. The quantitative estimate of drug-likeness (QED) is 0.721. The minimum absolute atomic E-state index is 0.0117. The summed E-state index contributed by atoms with van der Waals surface area (Å²) in [5, 5.41) is 6.29. The first-order valence-electron chi connectivity index (χ1n) is 5.12. The van der Waals surface area contributed by atoms with Gasteiger partial charge in [0, 0.05) is 12.7 Å². The monoisotopic (exact) mass is 240 g/mol. The van der Waals surface area contributed by atoms with E-state index in [-0.39, 0.29) is 11.9 Å². The molecule has 86 valence electrons. The second-order valence-electron chi connectivity index (χ2n) is 3.72. The van der Waals surface area contributed by atoms with Crippen LogP contribution in [-0.4, -0.2) is 23.5 Å². The third kappa shape index (κ3) is 2.36. The molecule has 0 spiro atoms. The van der Waals surface area contributed by atoms with Gasteiger partial charge >= 0.3 is 0 Å². The van der Waals surface area contributed by atoms with Crippen molar-refractivity contribution in [2.24, 2.45) is 0 Å². The second kappa shape index (κ2) is 4.57. The lowest BCUT2D eigenvalue weighted by Gasteiger charge is -2.23. The molecule has 0 bridgehead atoms. The van der Waals surface area contributed by atoms with Gasteiger partial charge in [0.1, 0.15) is 11.9 Å². The summed E-state index contributed by atoms with van der Waals surface area (Å²) >= 11 is 5.74. The number of nitrogens with two attached hydrogens (primary N) is 1. The van der Waals surface area contributed by atoms with Crippen LogP contribution < -0.4 is 16.4 Å². The summed E-state index contributed by atoms with van der Waals surface area (Å²) in [5.74, 6) is 0.494. The summed E-state index contributed by atoms with van der Waals surface area (Å²) < 4.78 is 0. The smallest absolute Gasteiger partial charge is 0.242 e. The summed E-state index contributed by atoms with van der Waals surface area (Å²) in [6.07, 6.45) is 3.24. The molecule has 2 rings (SSSR count). The SMILES string of the molecule is Nc1cc(Cl)cnc1NC1CCCNC1=O. The van der Waals surface area contributed by atoms with Crippen molar-refractivity contribution in [3.8, 4) is 0 Å². The zero-order valence-corrected chi connectivity index (χ0v) is 9.42. The summed E-state index contributed by atoms with van der Waals surface area (Å²) in [5.41, 5.74) is 6.19. The molecule has 1 fully saturated rings. The molecule has 0 radical (unpaired) electrons. The highest BCUT2D eigenvalue weighted by molar-refractivity contribution is 6.30. The van der Waals surface area contributed by atoms with Crippen LogP contribution in [0.2, 0.25) is 5.02 Å². The molecular formula is C10H13ClN4O. The molecule has 1 aliphatic rings. The fourth-order valence-corrected chi connectivity index (χ4v) is 1.82. The second-order valence-corrected chi connectivity index (χ2v) is 4.16. The van der Waals surface area contributed by atoms with Gasteiger partial charge in [-0.25, -0.2) is 4.98 Å². The maximum atomic E-state index is 11.5. The molecule has 0 aromatic carbocycles. The molecule has 1 amide bonds. The third-order valence-corrected chi connectivity index (χ3v) is 2.69. The molecule has 1 aliphatic heterocycles. The Kier molecular flexibility index (Phi) is 3.14. The maximum absolute atomic E-state index is 11.5. The topological polar surface area (TPSA) is 80.0 Å². The third-order valence-electron chi connectivity index (χ3n) is 2.48. The predicted molar refractivity (Wildman–Crippen MR) is 63.3 cm³/mol. The van der Waals surface area contributed by atoms with E-state index in [1.54, 1.807) is 6.07 Å². The first-order chi connectivity index (χ1) is 7.66. The van der Waals surface area contributed by atoms with Crippen LogP contribution in [0, 0.1) is 0 Å². The van der Waals surface area contributed by atoms with Crippen molar-refractivity contribution in [3.05, 3.63) is 17.3 Å². The summed E-state index contributed by atoms with van der Waals surface area (Å²) in [6, 6.07) is 1.35. The van der Waals surface area contributed by atoms with E-state index in [0.717, 1.165) is 19.4 Å². The lowest BCUT2D eigenvalue weighted by Crippen LogP contribution is -2.44. The number of pyridine rings is 1. The minimum atomic E-state index is -0.260. The standard InChI is InChI=1S/C10H13ClN4O/c11-6-4-7(12)9(14-5-6)15-8-2-1-3-13-10(8)16/h4-5,8H,1-3,12H2,(H,13,16)(H,14,15). The molecule has 2 heterocycles. The summed E-state index contributed by atoms with van der Waals surface area (Å²) in [6.45, 7) is 0.737. The first kappa shape index (κ1) is 11.0. The molecule has 1 unspecified atom stereocenters. The minimum Gasteiger partial charge on any atom is -0.396 e. The Bertz CT molecular complexity index is 410. The highest BCUT2D eigenvalue weighted by Crippen LogP contribution is 2.21. The number of aromatic nitrogens is 1. The van der Waals surface area contributed by atoms with Gasteiger partial charge in [-0.15, -0.1) is 0 Å². The number of amides is 1. The molecule has 0 aliphatic carbocycles. The largest absolute Gasteiger partial charge is 0.396 e. The predicted octanol–water partition coefficient (Wildman–Crippen LogP) is 1.01. The van der Waals surface area contributed by atoms with Gasteiger partial charge in [-0.3, -0.25) is 4.79 Å². The summed E-state index contributed by atoms with van der Waals surface area (Å²) in [7, 11) is 0. The van der Waals surface area contributed by atoms with Gasteiger partial charge in [-0.05, 0) is 18.9 Å². The van der Waals surface area contributed by atoms with Gasteiger partial charge in [0.05, 0.1) is 10.7 Å². The molecule has 0 saturated carbocycles. The molecule has 1 saturated heterocycles. The van der Waals surface area contributed by atoms with E-state index < -0.39 is 0 Å².